The number of hydrogen-bond donors (Lipinski definition) is 3. The average Bonchev–Trinajstić information content (AvgIpc) is 2.35. The zero-order valence-corrected chi connectivity index (χ0v) is 9.65. The highest BCUT2D eigenvalue weighted by Crippen LogP contribution is 2.08. The maximum Gasteiger partial charge on any atom is 0.317 e. The monoisotopic (exact) mass is 228 g/mol. The summed E-state index contributed by atoms with van der Waals surface area (Å²) in [4.78, 5) is 13.5. The van der Waals surface area contributed by atoms with E-state index in [1.165, 1.54) is 6.42 Å². The topological polar surface area (TPSA) is 91.0 Å². The van der Waals surface area contributed by atoms with Gasteiger partial charge in [0.1, 0.15) is 5.84 Å². The van der Waals surface area contributed by atoms with Crippen molar-refractivity contribution in [1.82, 2.24) is 10.2 Å². The minimum absolute atomic E-state index is 0.0581. The predicted molar refractivity (Wildman–Crippen MR) is 61.4 cm³/mol. The molecule has 0 aromatic heterocycles. The van der Waals surface area contributed by atoms with Crippen LogP contribution >= 0.6 is 0 Å². The number of likely N-dealkylation sites (tertiary alicyclic amines) is 1. The summed E-state index contributed by atoms with van der Waals surface area (Å²) in [7, 11) is 0. The van der Waals surface area contributed by atoms with Gasteiger partial charge in [0.15, 0.2) is 0 Å². The number of amides is 2. The van der Waals surface area contributed by atoms with Crippen molar-refractivity contribution < 1.29 is 10.0 Å². The molecule has 1 heterocycles. The number of hydrogen-bond acceptors (Lipinski definition) is 3. The van der Waals surface area contributed by atoms with Crippen LogP contribution in [0.15, 0.2) is 5.16 Å². The summed E-state index contributed by atoms with van der Waals surface area (Å²) in [5, 5.41) is 14.1. The van der Waals surface area contributed by atoms with Crippen LogP contribution in [0.5, 0.6) is 0 Å². The molecular formula is C10H20N4O2. The first-order chi connectivity index (χ1) is 7.65. The van der Waals surface area contributed by atoms with Crippen molar-refractivity contribution in [2.75, 3.05) is 19.6 Å². The Kier molecular flexibility index (Phi) is 4.88. The van der Waals surface area contributed by atoms with E-state index in [1.54, 1.807) is 6.92 Å². The number of nitrogens with two attached hydrogens (primary N) is 1. The van der Waals surface area contributed by atoms with E-state index >= 15 is 0 Å². The van der Waals surface area contributed by atoms with Crippen LogP contribution in [-0.2, 0) is 0 Å². The summed E-state index contributed by atoms with van der Waals surface area (Å²) in [6.07, 6.45) is 3.34. The predicted octanol–water partition coefficient (Wildman–Crippen LogP) is 0.564. The van der Waals surface area contributed by atoms with E-state index in [-0.39, 0.29) is 17.8 Å². The van der Waals surface area contributed by atoms with Crippen molar-refractivity contribution in [3.63, 3.8) is 0 Å². The molecule has 1 rings (SSSR count). The molecule has 0 bridgehead atoms. The number of piperidine rings is 1. The first-order valence-corrected chi connectivity index (χ1v) is 5.65. The van der Waals surface area contributed by atoms with Gasteiger partial charge in [-0.1, -0.05) is 12.1 Å². The molecule has 6 nitrogen and oxygen atoms in total. The third-order valence-corrected chi connectivity index (χ3v) is 2.82. The second-order valence-electron chi connectivity index (χ2n) is 4.16. The fraction of sp³-hybridized carbons (Fsp3) is 0.800. The molecule has 0 spiro atoms. The summed E-state index contributed by atoms with van der Waals surface area (Å²) < 4.78 is 0. The Morgan fingerprint density at radius 2 is 2.12 bits per heavy atom. The van der Waals surface area contributed by atoms with Gasteiger partial charge in [-0.05, 0) is 19.3 Å². The summed E-state index contributed by atoms with van der Waals surface area (Å²) in [6.45, 7) is 3.84. The Balaban J connectivity index is 2.28. The van der Waals surface area contributed by atoms with E-state index < -0.39 is 0 Å². The van der Waals surface area contributed by atoms with Crippen molar-refractivity contribution in [2.45, 2.75) is 26.2 Å². The molecule has 1 unspecified atom stereocenters. The summed E-state index contributed by atoms with van der Waals surface area (Å²) in [6, 6.07) is -0.0581. The van der Waals surface area contributed by atoms with Gasteiger partial charge in [0.25, 0.3) is 0 Å². The fourth-order valence-electron chi connectivity index (χ4n) is 1.65. The van der Waals surface area contributed by atoms with Crippen LogP contribution in [0.3, 0.4) is 0 Å². The summed E-state index contributed by atoms with van der Waals surface area (Å²) >= 11 is 0. The molecular weight excluding hydrogens is 208 g/mol. The minimum Gasteiger partial charge on any atom is -0.409 e. The molecule has 0 aromatic carbocycles. The first kappa shape index (κ1) is 12.6. The summed E-state index contributed by atoms with van der Waals surface area (Å²) in [5.41, 5.74) is 5.42. The van der Waals surface area contributed by atoms with E-state index in [9.17, 15) is 4.79 Å². The van der Waals surface area contributed by atoms with Crippen LogP contribution in [0, 0.1) is 5.92 Å². The third-order valence-electron chi connectivity index (χ3n) is 2.82. The molecule has 0 aromatic rings. The largest absolute Gasteiger partial charge is 0.409 e. The van der Waals surface area contributed by atoms with Gasteiger partial charge in [0, 0.05) is 25.6 Å². The van der Waals surface area contributed by atoms with Gasteiger partial charge in [-0.3, -0.25) is 0 Å². The Bertz CT molecular complexity index is 262. The second-order valence-corrected chi connectivity index (χ2v) is 4.16. The highest BCUT2D eigenvalue weighted by atomic mass is 16.4. The Labute approximate surface area is 95.5 Å². The van der Waals surface area contributed by atoms with Gasteiger partial charge in [-0.25, -0.2) is 4.79 Å². The van der Waals surface area contributed by atoms with E-state index in [0.29, 0.717) is 6.54 Å². The fourth-order valence-corrected chi connectivity index (χ4v) is 1.65. The number of urea groups is 1. The molecule has 1 fully saturated rings. The lowest BCUT2D eigenvalue weighted by atomic mass is 10.1. The molecule has 92 valence electrons. The molecule has 16 heavy (non-hydrogen) atoms. The third kappa shape index (κ3) is 3.60. The van der Waals surface area contributed by atoms with E-state index in [2.05, 4.69) is 10.5 Å². The molecule has 0 radical (unpaired) electrons. The average molecular weight is 228 g/mol. The van der Waals surface area contributed by atoms with E-state index in [4.69, 9.17) is 10.9 Å². The lowest BCUT2D eigenvalue weighted by molar-refractivity contribution is 0.186. The van der Waals surface area contributed by atoms with Crippen LogP contribution in [0.4, 0.5) is 4.79 Å². The molecule has 1 atom stereocenters. The van der Waals surface area contributed by atoms with Crippen LogP contribution in [0.25, 0.3) is 0 Å². The number of rotatable bonds is 3. The molecule has 1 aliphatic rings. The van der Waals surface area contributed by atoms with Crippen molar-refractivity contribution >= 4 is 11.9 Å². The standard InChI is InChI=1S/C10H20N4O2/c1-8(9(11)13-16)7-12-10(15)14-5-3-2-4-6-14/h8,16H,2-7H2,1H3,(H2,11,13)(H,12,15). The second kappa shape index (κ2) is 6.19. The van der Waals surface area contributed by atoms with E-state index in [1.807, 2.05) is 4.90 Å². The van der Waals surface area contributed by atoms with Crippen LogP contribution in [-0.4, -0.2) is 41.6 Å². The first-order valence-electron chi connectivity index (χ1n) is 5.65. The van der Waals surface area contributed by atoms with Gasteiger partial charge < -0.3 is 21.2 Å². The van der Waals surface area contributed by atoms with Crippen molar-refractivity contribution in [3.8, 4) is 0 Å². The maximum atomic E-state index is 11.7. The normalized spacial score (nSPS) is 19.3. The number of nitrogens with one attached hydrogen (secondary N) is 1. The van der Waals surface area contributed by atoms with Crippen LogP contribution in [0.2, 0.25) is 0 Å². The Morgan fingerprint density at radius 3 is 2.69 bits per heavy atom. The summed E-state index contributed by atoms with van der Waals surface area (Å²) in [5.74, 6) is -0.0160. The molecule has 4 N–H and O–H groups in total. The zero-order chi connectivity index (χ0) is 12.0. The Morgan fingerprint density at radius 1 is 1.50 bits per heavy atom. The number of carbonyl (C=O) groups is 1. The van der Waals surface area contributed by atoms with Gasteiger partial charge in [0.2, 0.25) is 0 Å². The van der Waals surface area contributed by atoms with Crippen molar-refractivity contribution in [2.24, 2.45) is 16.8 Å². The minimum atomic E-state index is -0.154. The van der Waals surface area contributed by atoms with Gasteiger partial charge >= 0.3 is 6.03 Å². The quantitative estimate of drug-likeness (QED) is 0.285. The van der Waals surface area contributed by atoms with Crippen LogP contribution < -0.4 is 11.1 Å². The van der Waals surface area contributed by atoms with Gasteiger partial charge in [-0.2, -0.15) is 0 Å². The molecule has 1 aliphatic heterocycles. The number of carbonyl (C=O) groups excluding carboxylic acids is 1. The molecule has 2 amide bonds. The number of amidine groups is 1. The maximum absolute atomic E-state index is 11.7. The van der Waals surface area contributed by atoms with Crippen molar-refractivity contribution in [1.29, 1.82) is 0 Å². The highest BCUT2D eigenvalue weighted by Gasteiger charge is 2.17. The molecule has 6 heteroatoms. The SMILES string of the molecule is CC(CNC(=O)N1CCCCC1)C(N)=NO. The van der Waals surface area contributed by atoms with Gasteiger partial charge in [0.05, 0.1) is 0 Å². The molecule has 1 saturated heterocycles. The lowest BCUT2D eigenvalue weighted by Gasteiger charge is -2.27. The van der Waals surface area contributed by atoms with Gasteiger partial charge in [-0.15, -0.1) is 0 Å². The highest BCUT2D eigenvalue weighted by molar-refractivity contribution is 5.83. The van der Waals surface area contributed by atoms with Crippen molar-refractivity contribution in [3.05, 3.63) is 0 Å². The lowest BCUT2D eigenvalue weighted by Crippen LogP contribution is -2.45. The van der Waals surface area contributed by atoms with Crippen LogP contribution in [0.1, 0.15) is 26.2 Å². The smallest absolute Gasteiger partial charge is 0.317 e. The van der Waals surface area contributed by atoms with E-state index in [0.717, 1.165) is 25.9 Å². The zero-order valence-electron chi connectivity index (χ0n) is 9.65. The molecule has 0 saturated carbocycles. The number of nitrogens with zero attached hydrogens (tertiary/aromatic N) is 2. The molecule has 0 aliphatic carbocycles. The Hall–Kier alpha value is -1.46. The number of oxime groups is 1.